The molecule has 0 fully saturated rings. The molecule has 0 aromatic carbocycles. The molecule has 0 unspecified atom stereocenters. The molecule has 0 saturated heterocycles. The minimum absolute atomic E-state index is 1.72. The lowest BCUT2D eigenvalue weighted by atomic mass is 10.2. The fourth-order valence-corrected chi connectivity index (χ4v) is 0.425. The first-order valence-electron chi connectivity index (χ1n) is 2.58. The second-order valence-electron chi connectivity index (χ2n) is 1.81. The molecular formula is C5H3F5O2. The van der Waals surface area contributed by atoms with Gasteiger partial charge in [-0.3, -0.25) is 4.79 Å². The van der Waals surface area contributed by atoms with E-state index in [9.17, 15) is 26.7 Å². The van der Waals surface area contributed by atoms with Crippen LogP contribution in [0.1, 0.15) is 6.42 Å². The first kappa shape index (κ1) is 10.9. The van der Waals surface area contributed by atoms with Gasteiger partial charge in [0.15, 0.2) is 0 Å². The van der Waals surface area contributed by atoms with Crippen molar-refractivity contribution in [2.45, 2.75) is 12.6 Å². The number of carboxylic acids is 1. The number of carboxylic acid groups (broad SMARTS) is 1. The Bertz CT molecular complexity index is 212. The molecule has 0 aliphatic carbocycles. The minimum atomic E-state index is -5.28. The van der Waals surface area contributed by atoms with E-state index in [0.29, 0.717) is 0 Å². The van der Waals surface area contributed by atoms with Crippen LogP contribution in [0.3, 0.4) is 0 Å². The topological polar surface area (TPSA) is 37.3 Å². The van der Waals surface area contributed by atoms with Gasteiger partial charge in [-0.05, 0) is 0 Å². The SMILES string of the molecule is O=C(O)CC(=C(F)F)C(F)(F)F. The summed E-state index contributed by atoms with van der Waals surface area (Å²) in [5.41, 5.74) is -2.31. The van der Waals surface area contributed by atoms with Crippen molar-refractivity contribution in [3.63, 3.8) is 0 Å². The molecule has 0 rings (SSSR count). The van der Waals surface area contributed by atoms with Gasteiger partial charge in [0.25, 0.3) is 6.08 Å². The normalized spacial score (nSPS) is 11.1. The molecule has 12 heavy (non-hydrogen) atoms. The Morgan fingerprint density at radius 1 is 1.25 bits per heavy atom. The molecule has 0 aromatic rings. The minimum Gasteiger partial charge on any atom is -0.481 e. The first-order valence-corrected chi connectivity index (χ1v) is 2.58. The first-order chi connectivity index (χ1) is 5.25. The highest BCUT2D eigenvalue weighted by atomic mass is 19.4. The van der Waals surface area contributed by atoms with E-state index in [4.69, 9.17) is 5.11 Å². The summed E-state index contributed by atoms with van der Waals surface area (Å²) in [6.45, 7) is 0. The third kappa shape index (κ3) is 3.31. The lowest BCUT2D eigenvalue weighted by molar-refractivity contribution is -0.140. The fourth-order valence-electron chi connectivity index (χ4n) is 0.425. The molecular weight excluding hydrogens is 187 g/mol. The Labute approximate surface area is 63.3 Å². The quantitative estimate of drug-likeness (QED) is 0.677. The van der Waals surface area contributed by atoms with E-state index in [1.807, 2.05) is 0 Å². The third-order valence-corrected chi connectivity index (χ3v) is 0.898. The van der Waals surface area contributed by atoms with Gasteiger partial charge in [-0.2, -0.15) is 22.0 Å². The molecule has 0 heterocycles. The summed E-state index contributed by atoms with van der Waals surface area (Å²) in [6.07, 6.45) is -10.0. The van der Waals surface area contributed by atoms with Crippen LogP contribution in [0.15, 0.2) is 11.7 Å². The summed E-state index contributed by atoms with van der Waals surface area (Å²) in [6, 6.07) is 0. The van der Waals surface area contributed by atoms with Gasteiger partial charge in [0.2, 0.25) is 0 Å². The van der Waals surface area contributed by atoms with Gasteiger partial charge in [-0.1, -0.05) is 0 Å². The summed E-state index contributed by atoms with van der Waals surface area (Å²) >= 11 is 0. The Morgan fingerprint density at radius 2 is 1.67 bits per heavy atom. The van der Waals surface area contributed by atoms with Crippen molar-refractivity contribution in [3.8, 4) is 0 Å². The van der Waals surface area contributed by atoms with E-state index in [-0.39, 0.29) is 0 Å². The summed E-state index contributed by atoms with van der Waals surface area (Å²) in [5, 5.41) is 7.83. The van der Waals surface area contributed by atoms with Gasteiger partial charge >= 0.3 is 12.1 Å². The molecule has 1 N–H and O–H groups in total. The van der Waals surface area contributed by atoms with Crippen molar-refractivity contribution in [3.05, 3.63) is 11.7 Å². The predicted molar refractivity (Wildman–Crippen MR) is 27.5 cm³/mol. The van der Waals surface area contributed by atoms with E-state index in [0.717, 1.165) is 0 Å². The van der Waals surface area contributed by atoms with E-state index in [1.54, 1.807) is 0 Å². The number of hydrogen-bond donors (Lipinski definition) is 1. The Balaban J connectivity index is 4.72. The van der Waals surface area contributed by atoms with Gasteiger partial charge in [0, 0.05) is 0 Å². The predicted octanol–water partition coefficient (Wildman–Crippen LogP) is 2.17. The van der Waals surface area contributed by atoms with Crippen molar-refractivity contribution in [2.24, 2.45) is 0 Å². The van der Waals surface area contributed by atoms with Gasteiger partial charge in [0.1, 0.15) is 5.57 Å². The van der Waals surface area contributed by atoms with Crippen LogP contribution in [0.25, 0.3) is 0 Å². The second kappa shape index (κ2) is 3.51. The molecule has 0 aliphatic rings. The molecule has 0 aromatic heterocycles. The molecule has 0 aliphatic heterocycles. The van der Waals surface area contributed by atoms with Crippen LogP contribution in [0.4, 0.5) is 22.0 Å². The van der Waals surface area contributed by atoms with Crippen molar-refractivity contribution < 1.29 is 31.9 Å². The summed E-state index contributed by atoms with van der Waals surface area (Å²) < 4.78 is 57.5. The van der Waals surface area contributed by atoms with Gasteiger partial charge in [0.05, 0.1) is 6.42 Å². The van der Waals surface area contributed by atoms with Gasteiger partial charge in [-0.25, -0.2) is 0 Å². The number of carbonyl (C=O) groups is 1. The number of hydrogen-bond acceptors (Lipinski definition) is 1. The maximum atomic E-state index is 11.5. The van der Waals surface area contributed by atoms with Crippen LogP contribution in [0.5, 0.6) is 0 Å². The maximum absolute atomic E-state index is 11.5. The fraction of sp³-hybridized carbons (Fsp3) is 0.400. The highest BCUT2D eigenvalue weighted by Gasteiger charge is 2.38. The Hall–Kier alpha value is -1.14. The average Bonchev–Trinajstić information content (AvgIpc) is 1.79. The zero-order valence-electron chi connectivity index (χ0n) is 5.45. The number of rotatable bonds is 2. The number of halogens is 5. The Kier molecular flexibility index (Phi) is 3.17. The lowest BCUT2D eigenvalue weighted by Crippen LogP contribution is -2.16. The highest BCUT2D eigenvalue weighted by Crippen LogP contribution is 2.31. The molecule has 70 valence electrons. The third-order valence-electron chi connectivity index (χ3n) is 0.898. The van der Waals surface area contributed by atoms with Crippen molar-refractivity contribution in [2.75, 3.05) is 0 Å². The standard InChI is InChI=1S/C5H3F5O2/c6-4(7)2(1-3(11)12)5(8,9)10/h1H2,(H,11,12). The zero-order valence-corrected chi connectivity index (χ0v) is 5.45. The Morgan fingerprint density at radius 3 is 1.75 bits per heavy atom. The summed E-state index contributed by atoms with van der Waals surface area (Å²) in [4.78, 5) is 9.69. The smallest absolute Gasteiger partial charge is 0.418 e. The molecule has 0 amide bonds. The van der Waals surface area contributed by atoms with Crippen molar-refractivity contribution in [1.82, 2.24) is 0 Å². The largest absolute Gasteiger partial charge is 0.481 e. The van der Waals surface area contributed by atoms with E-state index in [2.05, 4.69) is 0 Å². The number of alkyl halides is 3. The zero-order chi connectivity index (χ0) is 9.94. The van der Waals surface area contributed by atoms with Crippen molar-refractivity contribution >= 4 is 5.97 Å². The van der Waals surface area contributed by atoms with E-state index in [1.165, 1.54) is 0 Å². The van der Waals surface area contributed by atoms with Crippen LogP contribution in [-0.2, 0) is 4.79 Å². The lowest BCUT2D eigenvalue weighted by Gasteiger charge is -2.06. The molecule has 0 radical (unpaired) electrons. The monoisotopic (exact) mass is 190 g/mol. The summed E-state index contributed by atoms with van der Waals surface area (Å²) in [5.74, 6) is -1.95. The molecule has 0 saturated carbocycles. The second-order valence-corrected chi connectivity index (χ2v) is 1.81. The molecule has 7 heteroatoms. The van der Waals surface area contributed by atoms with Crippen molar-refractivity contribution in [1.29, 1.82) is 0 Å². The van der Waals surface area contributed by atoms with E-state index < -0.39 is 30.2 Å². The highest BCUT2D eigenvalue weighted by molar-refractivity contribution is 5.70. The van der Waals surface area contributed by atoms with Crippen LogP contribution in [-0.4, -0.2) is 17.3 Å². The van der Waals surface area contributed by atoms with Crippen LogP contribution < -0.4 is 0 Å². The van der Waals surface area contributed by atoms with Gasteiger partial charge < -0.3 is 5.11 Å². The van der Waals surface area contributed by atoms with Crippen LogP contribution in [0, 0.1) is 0 Å². The molecule has 2 nitrogen and oxygen atoms in total. The summed E-state index contributed by atoms with van der Waals surface area (Å²) in [7, 11) is 0. The molecule has 0 spiro atoms. The molecule has 0 atom stereocenters. The van der Waals surface area contributed by atoms with Crippen LogP contribution in [0.2, 0.25) is 0 Å². The molecule has 0 bridgehead atoms. The van der Waals surface area contributed by atoms with E-state index >= 15 is 0 Å². The maximum Gasteiger partial charge on any atom is 0.418 e. The number of aliphatic carboxylic acids is 1. The average molecular weight is 190 g/mol. The van der Waals surface area contributed by atoms with Gasteiger partial charge in [-0.15, -0.1) is 0 Å². The van der Waals surface area contributed by atoms with Crippen LogP contribution >= 0.6 is 0 Å².